The summed E-state index contributed by atoms with van der Waals surface area (Å²) in [7, 11) is 0. The number of nitrogens with zero attached hydrogens (tertiary/aromatic N) is 1. The van der Waals surface area contributed by atoms with Crippen LogP contribution in [0.1, 0.15) is 39.0 Å². The maximum absolute atomic E-state index is 11.9. The van der Waals surface area contributed by atoms with E-state index in [0.29, 0.717) is 12.6 Å². The molecule has 0 unspecified atom stereocenters. The van der Waals surface area contributed by atoms with Gasteiger partial charge in [0, 0.05) is 12.6 Å². The van der Waals surface area contributed by atoms with Crippen LogP contribution < -0.4 is 10.6 Å². The summed E-state index contributed by atoms with van der Waals surface area (Å²) in [5.74, 6) is 0.801. The van der Waals surface area contributed by atoms with E-state index in [9.17, 15) is 9.90 Å². The number of hydrogen-bond donors (Lipinski definition) is 3. The van der Waals surface area contributed by atoms with Crippen molar-refractivity contribution in [1.29, 1.82) is 0 Å². The highest BCUT2D eigenvalue weighted by Crippen LogP contribution is 2.21. The zero-order valence-electron chi connectivity index (χ0n) is 13.5. The highest BCUT2D eigenvalue weighted by molar-refractivity contribution is 5.74. The molecule has 3 fully saturated rings. The lowest BCUT2D eigenvalue weighted by molar-refractivity contribution is 0.00879. The molecule has 126 valence electrons. The van der Waals surface area contributed by atoms with E-state index in [1.165, 1.54) is 19.3 Å². The minimum atomic E-state index is -0.619. The van der Waals surface area contributed by atoms with Gasteiger partial charge in [0.05, 0.1) is 18.8 Å². The van der Waals surface area contributed by atoms with E-state index in [1.54, 1.807) is 0 Å². The van der Waals surface area contributed by atoms with Gasteiger partial charge in [0.2, 0.25) is 0 Å². The molecule has 0 aromatic heterocycles. The Morgan fingerprint density at radius 1 is 1.23 bits per heavy atom. The molecule has 0 aromatic rings. The topological polar surface area (TPSA) is 73.8 Å². The first-order chi connectivity index (χ1) is 10.6. The molecule has 1 aliphatic carbocycles. The number of amides is 2. The molecule has 0 spiro atoms. The zero-order valence-corrected chi connectivity index (χ0v) is 13.5. The number of rotatable bonds is 4. The molecule has 3 aliphatic rings. The normalized spacial score (nSPS) is 34.4. The molecule has 3 rings (SSSR count). The molecule has 0 bridgehead atoms. The van der Waals surface area contributed by atoms with Crippen molar-refractivity contribution in [3.8, 4) is 0 Å². The SMILES string of the molecule is CC1CCN(C[C@@H]2OC[C@H](NC(=O)NC3CCC3)[C@H]2O)CC1. The third-order valence-corrected chi connectivity index (χ3v) is 5.35. The largest absolute Gasteiger partial charge is 0.388 e. The van der Waals surface area contributed by atoms with E-state index in [0.717, 1.165) is 38.4 Å². The summed E-state index contributed by atoms with van der Waals surface area (Å²) in [6.07, 6.45) is 4.94. The van der Waals surface area contributed by atoms with Crippen molar-refractivity contribution in [2.75, 3.05) is 26.2 Å². The Kier molecular flexibility index (Phi) is 5.21. The van der Waals surface area contributed by atoms with E-state index in [4.69, 9.17) is 4.74 Å². The van der Waals surface area contributed by atoms with Crippen LogP contribution in [0, 0.1) is 5.92 Å². The van der Waals surface area contributed by atoms with Crippen LogP contribution in [0.15, 0.2) is 0 Å². The van der Waals surface area contributed by atoms with Crippen molar-refractivity contribution >= 4 is 6.03 Å². The number of aliphatic hydroxyl groups excluding tert-OH is 1. The van der Waals surface area contributed by atoms with Gasteiger partial charge >= 0.3 is 6.03 Å². The number of likely N-dealkylation sites (tertiary alicyclic amines) is 1. The third kappa shape index (κ3) is 3.91. The fraction of sp³-hybridized carbons (Fsp3) is 0.938. The maximum atomic E-state index is 11.9. The van der Waals surface area contributed by atoms with Crippen molar-refractivity contribution in [2.24, 2.45) is 5.92 Å². The van der Waals surface area contributed by atoms with Crippen molar-refractivity contribution in [2.45, 2.75) is 63.3 Å². The van der Waals surface area contributed by atoms with Crippen molar-refractivity contribution in [1.82, 2.24) is 15.5 Å². The van der Waals surface area contributed by atoms with Gasteiger partial charge in [-0.25, -0.2) is 4.79 Å². The van der Waals surface area contributed by atoms with Gasteiger partial charge in [-0.2, -0.15) is 0 Å². The molecule has 6 heteroatoms. The first kappa shape index (κ1) is 16.0. The molecule has 3 N–H and O–H groups in total. The summed E-state index contributed by atoms with van der Waals surface area (Å²) in [4.78, 5) is 14.2. The van der Waals surface area contributed by atoms with Gasteiger partial charge in [0.25, 0.3) is 0 Å². The summed E-state index contributed by atoms with van der Waals surface area (Å²) >= 11 is 0. The van der Waals surface area contributed by atoms with Crippen LogP contribution in [0.5, 0.6) is 0 Å². The van der Waals surface area contributed by atoms with Gasteiger partial charge in [-0.05, 0) is 51.1 Å². The summed E-state index contributed by atoms with van der Waals surface area (Å²) in [6.45, 7) is 5.60. The van der Waals surface area contributed by atoms with E-state index in [-0.39, 0.29) is 18.2 Å². The average molecular weight is 311 g/mol. The zero-order chi connectivity index (χ0) is 15.5. The molecule has 6 nitrogen and oxygen atoms in total. The molecule has 0 aromatic carbocycles. The second-order valence-electron chi connectivity index (χ2n) is 7.20. The number of ether oxygens (including phenoxy) is 1. The molecule has 0 radical (unpaired) electrons. The highest BCUT2D eigenvalue weighted by atomic mass is 16.5. The predicted molar refractivity (Wildman–Crippen MR) is 83.7 cm³/mol. The van der Waals surface area contributed by atoms with Gasteiger partial charge < -0.3 is 25.4 Å². The number of carbonyl (C=O) groups excluding carboxylic acids is 1. The van der Waals surface area contributed by atoms with Crippen LogP contribution >= 0.6 is 0 Å². The van der Waals surface area contributed by atoms with Gasteiger partial charge in [-0.3, -0.25) is 0 Å². The monoisotopic (exact) mass is 311 g/mol. The fourth-order valence-corrected chi connectivity index (χ4v) is 3.42. The van der Waals surface area contributed by atoms with Crippen LogP contribution in [0.4, 0.5) is 4.79 Å². The first-order valence-corrected chi connectivity index (χ1v) is 8.71. The molecule has 22 heavy (non-hydrogen) atoms. The van der Waals surface area contributed by atoms with Gasteiger partial charge in [0.1, 0.15) is 6.10 Å². The van der Waals surface area contributed by atoms with Crippen molar-refractivity contribution in [3.63, 3.8) is 0 Å². The highest BCUT2D eigenvalue weighted by Gasteiger charge is 2.38. The molecule has 2 heterocycles. The Labute approximate surface area is 132 Å². The number of carbonyl (C=O) groups is 1. The smallest absolute Gasteiger partial charge is 0.315 e. The predicted octanol–water partition coefficient (Wildman–Crippen LogP) is 0.698. The number of urea groups is 1. The Balaban J connectivity index is 1.41. The molecular formula is C16H29N3O3. The number of aliphatic hydroxyl groups is 1. The van der Waals surface area contributed by atoms with E-state index in [1.807, 2.05) is 0 Å². The number of piperidine rings is 1. The lowest BCUT2D eigenvalue weighted by atomic mass is 9.93. The lowest BCUT2D eigenvalue weighted by Crippen LogP contribution is -2.53. The van der Waals surface area contributed by atoms with Crippen molar-refractivity contribution < 1.29 is 14.6 Å². The van der Waals surface area contributed by atoms with E-state index >= 15 is 0 Å². The Morgan fingerprint density at radius 3 is 2.59 bits per heavy atom. The maximum Gasteiger partial charge on any atom is 0.315 e. The van der Waals surface area contributed by atoms with Crippen LogP contribution in [0.3, 0.4) is 0 Å². The van der Waals surface area contributed by atoms with Gasteiger partial charge in [-0.1, -0.05) is 6.92 Å². The summed E-state index contributed by atoms with van der Waals surface area (Å²) in [5.41, 5.74) is 0. The third-order valence-electron chi connectivity index (χ3n) is 5.35. The van der Waals surface area contributed by atoms with Crippen molar-refractivity contribution in [3.05, 3.63) is 0 Å². The average Bonchev–Trinajstić information content (AvgIpc) is 2.78. The van der Waals surface area contributed by atoms with Gasteiger partial charge in [-0.15, -0.1) is 0 Å². The fourth-order valence-electron chi connectivity index (χ4n) is 3.42. The molecule has 2 aliphatic heterocycles. The standard InChI is InChI=1S/C16H29N3O3/c1-11-5-7-19(8-6-11)9-14-15(20)13(10-22-14)18-16(21)17-12-3-2-4-12/h11-15,20H,2-10H2,1H3,(H2,17,18,21)/t13-,14-,15+/m0/s1. The second kappa shape index (κ2) is 7.15. The lowest BCUT2D eigenvalue weighted by Gasteiger charge is -2.32. The van der Waals surface area contributed by atoms with E-state index < -0.39 is 6.10 Å². The summed E-state index contributed by atoms with van der Waals surface area (Å²) < 4.78 is 5.72. The molecule has 2 amide bonds. The molecular weight excluding hydrogens is 282 g/mol. The van der Waals surface area contributed by atoms with Crippen LogP contribution in [0.25, 0.3) is 0 Å². The molecule has 1 saturated carbocycles. The number of nitrogens with one attached hydrogen (secondary N) is 2. The Bertz CT molecular complexity index is 381. The van der Waals surface area contributed by atoms with E-state index in [2.05, 4.69) is 22.5 Å². The van der Waals surface area contributed by atoms with Crippen LogP contribution in [-0.4, -0.2) is 66.6 Å². The Hall–Kier alpha value is -0.850. The summed E-state index contributed by atoms with van der Waals surface area (Å²) in [5, 5.41) is 16.2. The minimum absolute atomic E-state index is 0.176. The number of hydrogen-bond acceptors (Lipinski definition) is 4. The Morgan fingerprint density at radius 2 is 1.95 bits per heavy atom. The quantitative estimate of drug-likeness (QED) is 0.714. The second-order valence-corrected chi connectivity index (χ2v) is 7.20. The van der Waals surface area contributed by atoms with Crippen LogP contribution in [-0.2, 0) is 4.74 Å². The molecule has 2 saturated heterocycles. The van der Waals surface area contributed by atoms with Gasteiger partial charge in [0.15, 0.2) is 0 Å². The first-order valence-electron chi connectivity index (χ1n) is 8.71. The molecule has 3 atom stereocenters. The summed E-state index contributed by atoms with van der Waals surface area (Å²) in [6, 6.07) is -0.163. The van der Waals surface area contributed by atoms with Crippen LogP contribution in [0.2, 0.25) is 0 Å². The minimum Gasteiger partial charge on any atom is -0.388 e.